The van der Waals surface area contributed by atoms with Crippen molar-refractivity contribution in [3.8, 4) is 0 Å². The fourth-order valence-corrected chi connectivity index (χ4v) is 9.64. The van der Waals surface area contributed by atoms with E-state index in [0.29, 0.717) is 17.4 Å². The minimum Gasteiger partial charge on any atom is -0.756 e. The second-order valence-corrected chi connectivity index (χ2v) is 22.8. The molecule has 0 rings (SSSR count). The standard InChI is InChI=1S/C57H115N2O6P/c1-6-8-10-12-14-16-18-20-22-24-25-26-27-28-29-30-31-32-33-34-35-36-38-40-42-44-46-48-50-56(60)55(54-65-66(62,63)64-53-52-59(3,4)5)58-57(61)51-49-47-45-43-41-39-37-23-21-19-17-15-13-11-9-7-2/h48,50,55-56,60H,6-47,49,51-54H2,1-5H3,(H-,58,61,62,63)/b50-48+. The number of allylic oxidation sites excluding steroid dienone is 1. The van der Waals surface area contributed by atoms with Crippen molar-refractivity contribution in [2.24, 2.45) is 0 Å². The summed E-state index contributed by atoms with van der Waals surface area (Å²) >= 11 is 0. The number of carbonyl (C=O) groups is 1. The summed E-state index contributed by atoms with van der Waals surface area (Å²) in [6.45, 7) is 4.70. The molecule has 0 aliphatic carbocycles. The summed E-state index contributed by atoms with van der Waals surface area (Å²) in [5, 5.41) is 13.9. The van der Waals surface area contributed by atoms with E-state index in [0.717, 1.165) is 38.5 Å². The second kappa shape index (κ2) is 49.2. The number of amides is 1. The van der Waals surface area contributed by atoms with E-state index in [9.17, 15) is 19.4 Å². The van der Waals surface area contributed by atoms with Gasteiger partial charge in [0.1, 0.15) is 13.2 Å². The Hall–Kier alpha value is -0.760. The van der Waals surface area contributed by atoms with Crippen LogP contribution in [0.5, 0.6) is 0 Å². The molecule has 0 radical (unpaired) electrons. The quantitative estimate of drug-likeness (QED) is 0.0272. The van der Waals surface area contributed by atoms with E-state index in [1.54, 1.807) is 6.08 Å². The average molecular weight is 956 g/mol. The molecule has 0 aromatic heterocycles. The fraction of sp³-hybridized carbons (Fsp3) is 0.947. The highest BCUT2D eigenvalue weighted by Crippen LogP contribution is 2.38. The molecule has 66 heavy (non-hydrogen) atoms. The molecule has 0 aliphatic heterocycles. The average Bonchev–Trinajstić information content (AvgIpc) is 3.28. The monoisotopic (exact) mass is 955 g/mol. The largest absolute Gasteiger partial charge is 0.756 e. The first-order valence-electron chi connectivity index (χ1n) is 29.1. The zero-order valence-corrected chi connectivity index (χ0v) is 45.8. The number of aliphatic hydroxyl groups excluding tert-OH is 1. The molecule has 0 aromatic rings. The molecule has 0 heterocycles. The Labute approximate surface area is 412 Å². The Morgan fingerprint density at radius 1 is 0.515 bits per heavy atom. The fourth-order valence-electron chi connectivity index (χ4n) is 8.92. The number of nitrogens with zero attached hydrogens (tertiary/aromatic N) is 1. The lowest BCUT2D eigenvalue weighted by molar-refractivity contribution is -0.870. The zero-order valence-electron chi connectivity index (χ0n) is 44.9. The predicted octanol–water partition coefficient (Wildman–Crippen LogP) is 16.8. The van der Waals surface area contributed by atoms with Gasteiger partial charge in [0.05, 0.1) is 39.9 Å². The van der Waals surface area contributed by atoms with Gasteiger partial charge < -0.3 is 28.8 Å². The van der Waals surface area contributed by atoms with Gasteiger partial charge in [-0.05, 0) is 19.3 Å². The molecule has 8 nitrogen and oxygen atoms in total. The smallest absolute Gasteiger partial charge is 0.268 e. The van der Waals surface area contributed by atoms with E-state index in [1.165, 1.54) is 238 Å². The molecular weight excluding hydrogens is 840 g/mol. The first kappa shape index (κ1) is 65.2. The van der Waals surface area contributed by atoms with Gasteiger partial charge in [-0.3, -0.25) is 9.36 Å². The van der Waals surface area contributed by atoms with Crippen LogP contribution >= 0.6 is 7.82 Å². The van der Waals surface area contributed by atoms with E-state index in [4.69, 9.17) is 9.05 Å². The van der Waals surface area contributed by atoms with Crippen LogP contribution in [0.3, 0.4) is 0 Å². The Morgan fingerprint density at radius 3 is 1.14 bits per heavy atom. The molecule has 2 N–H and O–H groups in total. The Kier molecular flexibility index (Phi) is 48.7. The third-order valence-electron chi connectivity index (χ3n) is 13.5. The number of likely N-dealkylation sites (N-methyl/N-ethyl adjacent to an activating group) is 1. The minimum absolute atomic E-state index is 0.00263. The summed E-state index contributed by atoms with van der Waals surface area (Å²) in [5.41, 5.74) is 0. The number of hydrogen-bond donors (Lipinski definition) is 2. The number of phosphoric acid groups is 1. The van der Waals surface area contributed by atoms with Gasteiger partial charge in [0.15, 0.2) is 0 Å². The van der Waals surface area contributed by atoms with Gasteiger partial charge in [-0.15, -0.1) is 0 Å². The molecule has 3 atom stereocenters. The van der Waals surface area contributed by atoms with Gasteiger partial charge in [-0.2, -0.15) is 0 Å². The second-order valence-electron chi connectivity index (χ2n) is 21.4. The van der Waals surface area contributed by atoms with Crippen molar-refractivity contribution in [3.63, 3.8) is 0 Å². The van der Waals surface area contributed by atoms with Crippen molar-refractivity contribution >= 4 is 13.7 Å². The van der Waals surface area contributed by atoms with Gasteiger partial charge in [-0.25, -0.2) is 0 Å². The highest BCUT2D eigenvalue weighted by Gasteiger charge is 2.23. The number of hydrogen-bond acceptors (Lipinski definition) is 6. The summed E-state index contributed by atoms with van der Waals surface area (Å²) in [6.07, 6.45) is 60.0. The van der Waals surface area contributed by atoms with Crippen molar-refractivity contribution in [1.82, 2.24) is 5.32 Å². The molecule has 3 unspecified atom stereocenters. The number of nitrogens with one attached hydrogen (secondary N) is 1. The van der Waals surface area contributed by atoms with E-state index < -0.39 is 20.0 Å². The molecule has 0 aromatic carbocycles. The van der Waals surface area contributed by atoms with Gasteiger partial charge >= 0.3 is 0 Å². The van der Waals surface area contributed by atoms with E-state index in [-0.39, 0.29) is 19.1 Å². The summed E-state index contributed by atoms with van der Waals surface area (Å²) < 4.78 is 23.3. The summed E-state index contributed by atoms with van der Waals surface area (Å²) in [6, 6.07) is -0.881. The number of phosphoric ester groups is 1. The van der Waals surface area contributed by atoms with Crippen LogP contribution in [0.1, 0.15) is 296 Å². The van der Waals surface area contributed by atoms with Gasteiger partial charge in [0.25, 0.3) is 7.82 Å². The van der Waals surface area contributed by atoms with Crippen LogP contribution in [-0.2, 0) is 18.4 Å². The lowest BCUT2D eigenvalue weighted by Crippen LogP contribution is -2.45. The van der Waals surface area contributed by atoms with Crippen LogP contribution in [0.25, 0.3) is 0 Å². The third-order valence-corrected chi connectivity index (χ3v) is 14.5. The van der Waals surface area contributed by atoms with Crippen molar-refractivity contribution in [2.45, 2.75) is 309 Å². The van der Waals surface area contributed by atoms with Crippen LogP contribution in [0.2, 0.25) is 0 Å². The Morgan fingerprint density at radius 2 is 0.818 bits per heavy atom. The maximum absolute atomic E-state index is 12.9. The van der Waals surface area contributed by atoms with Crippen LogP contribution in [-0.4, -0.2) is 68.5 Å². The van der Waals surface area contributed by atoms with Crippen LogP contribution in [0.15, 0.2) is 12.2 Å². The molecular formula is C57H115N2O6P. The minimum atomic E-state index is -4.59. The maximum atomic E-state index is 12.9. The van der Waals surface area contributed by atoms with Gasteiger partial charge in [0, 0.05) is 6.42 Å². The Bertz CT molecular complexity index is 1080. The molecule has 0 spiro atoms. The predicted molar refractivity (Wildman–Crippen MR) is 284 cm³/mol. The first-order chi connectivity index (χ1) is 32.0. The molecule has 0 fully saturated rings. The topological polar surface area (TPSA) is 108 Å². The summed E-state index contributed by atoms with van der Waals surface area (Å²) in [5.74, 6) is -0.191. The van der Waals surface area contributed by atoms with Crippen LogP contribution < -0.4 is 10.2 Å². The van der Waals surface area contributed by atoms with Crippen LogP contribution in [0.4, 0.5) is 0 Å². The van der Waals surface area contributed by atoms with Crippen LogP contribution in [0, 0.1) is 0 Å². The van der Waals surface area contributed by atoms with Gasteiger partial charge in [0.2, 0.25) is 5.91 Å². The number of carbonyl (C=O) groups excluding carboxylic acids is 1. The van der Waals surface area contributed by atoms with Crippen molar-refractivity contribution in [2.75, 3.05) is 40.9 Å². The molecule has 394 valence electrons. The number of aliphatic hydroxyl groups is 1. The number of unbranched alkanes of at least 4 members (excludes halogenated alkanes) is 41. The highest BCUT2D eigenvalue weighted by molar-refractivity contribution is 7.45. The lowest BCUT2D eigenvalue weighted by atomic mass is 10.0. The molecule has 0 bridgehead atoms. The van der Waals surface area contributed by atoms with Crippen molar-refractivity contribution < 1.29 is 32.9 Å². The van der Waals surface area contributed by atoms with Crippen molar-refractivity contribution in [1.29, 1.82) is 0 Å². The number of rotatable bonds is 54. The van der Waals surface area contributed by atoms with E-state index in [2.05, 4.69) is 19.2 Å². The Balaban J connectivity index is 4.12. The summed E-state index contributed by atoms with van der Waals surface area (Å²) in [7, 11) is 1.28. The molecule has 0 saturated carbocycles. The molecule has 0 saturated heterocycles. The summed E-state index contributed by atoms with van der Waals surface area (Å²) in [4.78, 5) is 25.5. The first-order valence-corrected chi connectivity index (χ1v) is 30.5. The number of quaternary nitrogens is 1. The lowest BCUT2D eigenvalue weighted by Gasteiger charge is -2.29. The van der Waals surface area contributed by atoms with E-state index in [1.807, 2.05) is 27.2 Å². The SMILES string of the molecule is CCCCCCCCCCCCCCCCCCCCCCCCCCCC/C=C/C(O)C(COP(=O)([O-])OCC[N+](C)(C)C)NC(=O)CCCCCCCCCCCCCCCCCC. The molecule has 9 heteroatoms. The molecule has 0 aliphatic rings. The van der Waals surface area contributed by atoms with E-state index >= 15 is 0 Å². The zero-order chi connectivity index (χ0) is 48.5. The van der Waals surface area contributed by atoms with Crippen molar-refractivity contribution in [3.05, 3.63) is 12.2 Å². The van der Waals surface area contributed by atoms with Gasteiger partial charge in [-0.1, -0.05) is 283 Å². The highest BCUT2D eigenvalue weighted by atomic mass is 31.2. The molecule has 1 amide bonds. The third kappa shape index (κ3) is 51.1. The maximum Gasteiger partial charge on any atom is 0.268 e. The normalized spacial score (nSPS) is 14.0.